The van der Waals surface area contributed by atoms with E-state index >= 15 is 0 Å². The fraction of sp³-hybridized carbons (Fsp3) is 0.0769. The normalized spacial score (nSPS) is 23.6. The van der Waals surface area contributed by atoms with E-state index in [1.807, 2.05) is 11.4 Å². The number of carbonyl (C=O) groups is 2. The maximum atomic E-state index is 13.5. The van der Waals surface area contributed by atoms with E-state index in [-0.39, 0.29) is 11.1 Å². The van der Waals surface area contributed by atoms with Crippen molar-refractivity contribution in [3.8, 4) is 10.4 Å². The molecule has 0 saturated carbocycles. The third kappa shape index (κ3) is 1.23. The van der Waals surface area contributed by atoms with E-state index in [2.05, 4.69) is 5.32 Å². The second-order valence-electron chi connectivity index (χ2n) is 4.38. The number of amides is 2. The summed E-state index contributed by atoms with van der Waals surface area (Å²) in [4.78, 5) is 24.8. The predicted octanol–water partition coefficient (Wildman–Crippen LogP) is 3.09. The molecule has 2 amide bonds. The van der Waals surface area contributed by atoms with E-state index in [1.54, 1.807) is 6.07 Å². The van der Waals surface area contributed by atoms with Crippen LogP contribution in [0.25, 0.3) is 10.4 Å². The second kappa shape index (κ2) is 3.46. The number of hydrogen-bond acceptors (Lipinski definition) is 4. The van der Waals surface area contributed by atoms with Crippen LogP contribution in [0, 0.1) is 5.82 Å². The molecule has 19 heavy (non-hydrogen) atoms. The summed E-state index contributed by atoms with van der Waals surface area (Å²) in [5.41, 5.74) is 2.19. The van der Waals surface area contributed by atoms with Crippen LogP contribution in [0.4, 0.5) is 9.18 Å². The zero-order valence-electron chi connectivity index (χ0n) is 9.40. The highest BCUT2D eigenvalue weighted by molar-refractivity contribution is 8.15. The molecule has 94 valence electrons. The standard InChI is InChI=1S/C13H6FNO2S2/c14-6-1-2-7-9(5-6)13(8-3-4-18-10(7)8)11(16)15-12(17)19-13/h1-5H,(H,15,16,17). The number of thioether (sulfide) groups is 1. The number of benzene rings is 1. The zero-order valence-corrected chi connectivity index (χ0v) is 11.0. The summed E-state index contributed by atoms with van der Waals surface area (Å²) in [6, 6.07) is 6.24. The molecule has 2 aromatic rings. The fourth-order valence-electron chi connectivity index (χ4n) is 2.69. The largest absolute Gasteiger partial charge is 0.287 e. The van der Waals surface area contributed by atoms with Crippen LogP contribution >= 0.6 is 23.1 Å². The molecule has 4 rings (SSSR count). The Morgan fingerprint density at radius 3 is 2.74 bits per heavy atom. The van der Waals surface area contributed by atoms with Crippen molar-refractivity contribution in [3.63, 3.8) is 0 Å². The fourth-order valence-corrected chi connectivity index (χ4v) is 4.87. The Bertz CT molecular complexity index is 755. The smallest absolute Gasteiger partial charge is 0.285 e. The monoisotopic (exact) mass is 291 g/mol. The molecular weight excluding hydrogens is 285 g/mol. The minimum absolute atomic E-state index is 0.383. The molecule has 1 aliphatic heterocycles. The van der Waals surface area contributed by atoms with Crippen molar-refractivity contribution in [1.82, 2.24) is 5.32 Å². The summed E-state index contributed by atoms with van der Waals surface area (Å²) in [5, 5.41) is 3.80. The number of halogens is 1. The maximum absolute atomic E-state index is 13.5. The lowest BCUT2D eigenvalue weighted by Gasteiger charge is -2.19. The Hall–Kier alpha value is -1.66. The van der Waals surface area contributed by atoms with E-state index in [0.29, 0.717) is 5.56 Å². The summed E-state index contributed by atoms with van der Waals surface area (Å²) >= 11 is 2.42. The van der Waals surface area contributed by atoms with Crippen LogP contribution in [0.5, 0.6) is 0 Å². The van der Waals surface area contributed by atoms with Crippen molar-refractivity contribution in [2.24, 2.45) is 0 Å². The summed E-state index contributed by atoms with van der Waals surface area (Å²) in [6.45, 7) is 0. The summed E-state index contributed by atoms with van der Waals surface area (Å²) in [5.74, 6) is -0.785. The Kier molecular flexibility index (Phi) is 2.04. The van der Waals surface area contributed by atoms with Gasteiger partial charge >= 0.3 is 0 Å². The highest BCUT2D eigenvalue weighted by Gasteiger charge is 2.56. The van der Waals surface area contributed by atoms with Crippen LogP contribution in [-0.4, -0.2) is 11.1 Å². The quantitative estimate of drug-likeness (QED) is 0.811. The van der Waals surface area contributed by atoms with E-state index in [4.69, 9.17) is 0 Å². The zero-order chi connectivity index (χ0) is 13.2. The molecule has 1 atom stereocenters. The highest BCUT2D eigenvalue weighted by Crippen LogP contribution is 2.58. The Morgan fingerprint density at radius 2 is 2.00 bits per heavy atom. The Morgan fingerprint density at radius 1 is 1.16 bits per heavy atom. The minimum Gasteiger partial charge on any atom is -0.285 e. The van der Waals surface area contributed by atoms with Crippen molar-refractivity contribution < 1.29 is 14.0 Å². The molecule has 1 fully saturated rings. The van der Waals surface area contributed by atoms with E-state index in [9.17, 15) is 14.0 Å². The summed E-state index contributed by atoms with van der Waals surface area (Å²) < 4.78 is 12.4. The average Bonchev–Trinajstić information content (AvgIpc) is 2.99. The van der Waals surface area contributed by atoms with Gasteiger partial charge in [-0.2, -0.15) is 0 Å². The number of thiophene rings is 1. The molecule has 6 heteroatoms. The third-order valence-corrected chi connectivity index (χ3v) is 5.60. The lowest BCUT2D eigenvalue weighted by molar-refractivity contribution is -0.120. The van der Waals surface area contributed by atoms with Gasteiger partial charge < -0.3 is 0 Å². The molecule has 1 aromatic heterocycles. The topological polar surface area (TPSA) is 46.2 Å². The van der Waals surface area contributed by atoms with E-state index in [1.165, 1.54) is 23.5 Å². The lowest BCUT2D eigenvalue weighted by atomic mass is 9.95. The van der Waals surface area contributed by atoms with E-state index < -0.39 is 10.6 Å². The van der Waals surface area contributed by atoms with Gasteiger partial charge in [-0.1, -0.05) is 6.07 Å². The van der Waals surface area contributed by atoms with Crippen LogP contribution in [0.1, 0.15) is 11.1 Å². The number of imide groups is 1. The highest BCUT2D eigenvalue weighted by atomic mass is 32.2. The number of nitrogens with one attached hydrogen (secondary N) is 1. The van der Waals surface area contributed by atoms with Crippen LogP contribution in [-0.2, 0) is 9.54 Å². The molecular formula is C13H6FNO2S2. The molecule has 0 radical (unpaired) electrons. The summed E-state index contributed by atoms with van der Waals surface area (Å²) in [6.07, 6.45) is 0. The molecule has 1 unspecified atom stereocenters. The van der Waals surface area contributed by atoms with Crippen LogP contribution < -0.4 is 5.32 Å². The van der Waals surface area contributed by atoms with Gasteiger partial charge in [0.15, 0.2) is 4.75 Å². The first-order chi connectivity index (χ1) is 9.13. The van der Waals surface area contributed by atoms with Crippen molar-refractivity contribution in [3.05, 3.63) is 46.6 Å². The molecule has 1 spiro atoms. The van der Waals surface area contributed by atoms with Crippen molar-refractivity contribution >= 4 is 34.2 Å². The van der Waals surface area contributed by atoms with Crippen LogP contribution in [0.15, 0.2) is 29.6 Å². The molecule has 3 nitrogen and oxygen atoms in total. The molecule has 1 aliphatic carbocycles. The first kappa shape index (κ1) is 11.2. The van der Waals surface area contributed by atoms with Gasteiger partial charge in [0.05, 0.1) is 0 Å². The SMILES string of the molecule is O=C1NC(=O)C2(S1)c1cc(F)ccc1-c1sccc12. The van der Waals surface area contributed by atoms with E-state index in [0.717, 1.165) is 27.8 Å². The van der Waals surface area contributed by atoms with Crippen molar-refractivity contribution in [2.75, 3.05) is 0 Å². The molecule has 1 aromatic carbocycles. The van der Waals surface area contributed by atoms with Gasteiger partial charge in [-0.25, -0.2) is 4.39 Å². The van der Waals surface area contributed by atoms with Gasteiger partial charge in [0.1, 0.15) is 5.82 Å². The number of carbonyl (C=O) groups excluding carboxylic acids is 2. The first-order valence-electron chi connectivity index (χ1n) is 5.56. The van der Waals surface area contributed by atoms with Crippen molar-refractivity contribution in [2.45, 2.75) is 4.75 Å². The number of hydrogen-bond donors (Lipinski definition) is 1. The number of fused-ring (bicyclic) bond motifs is 5. The van der Waals surface area contributed by atoms with Gasteiger partial charge in [0.25, 0.3) is 11.1 Å². The van der Waals surface area contributed by atoms with Crippen LogP contribution in [0.2, 0.25) is 0 Å². The molecule has 2 aliphatic rings. The van der Waals surface area contributed by atoms with Gasteiger partial charge in [-0.05, 0) is 46.5 Å². The minimum atomic E-state index is -1.11. The maximum Gasteiger partial charge on any atom is 0.287 e. The molecule has 2 heterocycles. The van der Waals surface area contributed by atoms with Gasteiger partial charge in [-0.15, -0.1) is 11.3 Å². The van der Waals surface area contributed by atoms with Crippen molar-refractivity contribution in [1.29, 1.82) is 0 Å². The molecule has 1 N–H and O–H groups in total. The molecule has 0 bridgehead atoms. The first-order valence-corrected chi connectivity index (χ1v) is 7.25. The summed E-state index contributed by atoms with van der Waals surface area (Å²) in [7, 11) is 0. The Labute approximate surface area is 115 Å². The van der Waals surface area contributed by atoms with Crippen LogP contribution in [0.3, 0.4) is 0 Å². The average molecular weight is 291 g/mol. The van der Waals surface area contributed by atoms with Gasteiger partial charge in [0, 0.05) is 10.4 Å². The third-order valence-electron chi connectivity index (χ3n) is 3.43. The van der Waals surface area contributed by atoms with Gasteiger partial charge in [-0.3, -0.25) is 14.9 Å². The lowest BCUT2D eigenvalue weighted by Crippen LogP contribution is -2.33. The molecule has 1 saturated heterocycles. The second-order valence-corrected chi connectivity index (χ2v) is 6.48. The predicted molar refractivity (Wildman–Crippen MR) is 71.6 cm³/mol. The number of rotatable bonds is 0. The Balaban J connectivity index is 2.11. The van der Waals surface area contributed by atoms with Gasteiger partial charge in [0.2, 0.25) is 0 Å².